The third-order valence-electron chi connectivity index (χ3n) is 7.05. The average molecular weight is 627 g/mol. The molecule has 0 unspecified atom stereocenters. The van der Waals surface area contributed by atoms with Crippen LogP contribution in [0.3, 0.4) is 0 Å². The maximum Gasteiger partial charge on any atom is 0.387 e. The van der Waals surface area contributed by atoms with Gasteiger partial charge in [-0.2, -0.15) is 8.78 Å². The molecule has 2 aliphatic heterocycles. The minimum Gasteiger partial charge on any atom is -0.486 e. The monoisotopic (exact) mass is 626 g/mol. The number of anilines is 2. The van der Waals surface area contributed by atoms with E-state index in [-0.39, 0.29) is 41.6 Å². The van der Waals surface area contributed by atoms with Crippen LogP contribution in [0.5, 0.6) is 11.5 Å². The molecule has 41 heavy (non-hydrogen) atoms. The van der Waals surface area contributed by atoms with Crippen molar-refractivity contribution in [2.75, 3.05) is 35.9 Å². The Balaban J connectivity index is 1.45. The zero-order valence-electron chi connectivity index (χ0n) is 21.8. The molecular formula is C28H26Cl2F2N2O6S. The molecule has 0 amide bonds. The van der Waals surface area contributed by atoms with Crippen LogP contribution in [0, 0.1) is 0 Å². The first kappa shape index (κ1) is 29.2. The maximum atomic E-state index is 13.9. The number of ether oxygens (including phenoxy) is 3. The lowest BCUT2D eigenvalue weighted by Crippen LogP contribution is -2.46. The molecule has 0 aliphatic carbocycles. The van der Waals surface area contributed by atoms with Crippen molar-refractivity contribution in [3.05, 3.63) is 76.3 Å². The smallest absolute Gasteiger partial charge is 0.387 e. The van der Waals surface area contributed by atoms with Crippen LogP contribution in [0.1, 0.15) is 24.3 Å². The fraction of sp³-hybridized carbons (Fsp3) is 0.321. The molecule has 0 N–H and O–H groups in total. The highest BCUT2D eigenvalue weighted by molar-refractivity contribution is 7.92. The van der Waals surface area contributed by atoms with E-state index in [1.165, 1.54) is 29.6 Å². The summed E-state index contributed by atoms with van der Waals surface area (Å²) < 4.78 is 69.8. The minimum absolute atomic E-state index is 0.0277. The highest BCUT2D eigenvalue weighted by Crippen LogP contribution is 2.44. The van der Waals surface area contributed by atoms with E-state index in [2.05, 4.69) is 9.64 Å². The molecular weight excluding hydrogens is 601 g/mol. The molecule has 0 aromatic heterocycles. The van der Waals surface area contributed by atoms with Gasteiger partial charge in [0.15, 0.2) is 0 Å². The molecule has 8 nitrogen and oxygen atoms in total. The second-order valence-electron chi connectivity index (χ2n) is 9.63. The number of hydrogen-bond acceptors (Lipinski definition) is 7. The summed E-state index contributed by atoms with van der Waals surface area (Å²) in [6, 6.07) is 15.5. The number of carbonyl (C=O) groups is 1. The molecule has 13 heteroatoms. The lowest BCUT2D eigenvalue weighted by atomic mass is 9.90. The van der Waals surface area contributed by atoms with Crippen LogP contribution >= 0.6 is 23.2 Å². The molecule has 1 saturated heterocycles. The summed E-state index contributed by atoms with van der Waals surface area (Å²) in [6.07, 6.45) is -0.417. The van der Waals surface area contributed by atoms with Crippen molar-refractivity contribution in [2.24, 2.45) is 0 Å². The minimum atomic E-state index is -4.25. The summed E-state index contributed by atoms with van der Waals surface area (Å²) in [4.78, 5) is 13.6. The lowest BCUT2D eigenvalue weighted by Gasteiger charge is -2.43. The second-order valence-corrected chi connectivity index (χ2v) is 12.3. The number of esters is 1. The number of fused-ring (bicyclic) bond motifs is 1. The third-order valence-corrected chi connectivity index (χ3v) is 9.48. The Bertz CT molecular complexity index is 1530. The van der Waals surface area contributed by atoms with Crippen LogP contribution in [0.25, 0.3) is 0 Å². The molecule has 1 fully saturated rings. The van der Waals surface area contributed by atoms with Crippen LogP contribution in [0.15, 0.2) is 65.6 Å². The number of halogens is 4. The summed E-state index contributed by atoms with van der Waals surface area (Å²) in [6.45, 7) is -1.98. The molecule has 5 rings (SSSR count). The fourth-order valence-corrected chi connectivity index (χ4v) is 7.21. The van der Waals surface area contributed by atoms with E-state index in [0.717, 1.165) is 17.3 Å². The zero-order chi connectivity index (χ0) is 29.3. The van der Waals surface area contributed by atoms with Crippen LogP contribution in [-0.2, 0) is 19.6 Å². The predicted molar refractivity (Wildman–Crippen MR) is 151 cm³/mol. The molecule has 218 valence electrons. The summed E-state index contributed by atoms with van der Waals surface area (Å²) in [5.41, 5.74) is 1.92. The highest BCUT2D eigenvalue weighted by atomic mass is 35.5. The second kappa shape index (κ2) is 11.9. The first-order valence-corrected chi connectivity index (χ1v) is 14.9. The topological polar surface area (TPSA) is 85.4 Å². The van der Waals surface area contributed by atoms with E-state index in [0.29, 0.717) is 28.9 Å². The van der Waals surface area contributed by atoms with Crippen molar-refractivity contribution >= 4 is 50.6 Å². The van der Waals surface area contributed by atoms with E-state index in [9.17, 15) is 22.0 Å². The van der Waals surface area contributed by atoms with Gasteiger partial charge in [-0.1, -0.05) is 35.3 Å². The Morgan fingerprint density at radius 1 is 1.05 bits per heavy atom. The molecule has 3 aromatic carbocycles. The van der Waals surface area contributed by atoms with Crippen LogP contribution < -0.4 is 18.7 Å². The Kier molecular flexibility index (Phi) is 8.49. The van der Waals surface area contributed by atoms with Crippen molar-refractivity contribution in [3.63, 3.8) is 0 Å². The van der Waals surface area contributed by atoms with Crippen LogP contribution in [0.2, 0.25) is 10.0 Å². The summed E-state index contributed by atoms with van der Waals surface area (Å²) in [5, 5.41) is 1.18. The Morgan fingerprint density at radius 2 is 1.76 bits per heavy atom. The normalized spacial score (nSPS) is 17.1. The number of nitrogens with zero attached hydrogens (tertiary/aromatic N) is 2. The number of benzene rings is 3. The van der Waals surface area contributed by atoms with E-state index in [1.54, 1.807) is 30.3 Å². The van der Waals surface area contributed by atoms with E-state index in [1.807, 2.05) is 6.07 Å². The largest absolute Gasteiger partial charge is 0.486 e. The third kappa shape index (κ3) is 6.17. The van der Waals surface area contributed by atoms with Gasteiger partial charge in [-0.25, -0.2) is 8.42 Å². The molecule has 3 aromatic rings. The van der Waals surface area contributed by atoms with Gasteiger partial charge >= 0.3 is 12.6 Å². The lowest BCUT2D eigenvalue weighted by molar-refractivity contribution is -0.141. The summed E-state index contributed by atoms with van der Waals surface area (Å²) in [5.74, 6) is -0.324. The van der Waals surface area contributed by atoms with Crippen molar-refractivity contribution in [1.82, 2.24) is 0 Å². The van der Waals surface area contributed by atoms with E-state index in [4.69, 9.17) is 32.7 Å². The van der Waals surface area contributed by atoms with Crippen LogP contribution in [0.4, 0.5) is 20.2 Å². The molecule has 0 bridgehead atoms. The maximum absolute atomic E-state index is 13.9. The first-order chi connectivity index (χ1) is 19.6. The Labute approximate surface area is 246 Å². The number of methoxy groups -OCH3 is 1. The van der Waals surface area contributed by atoms with Gasteiger partial charge in [-0.05, 0) is 54.4 Å². The van der Waals surface area contributed by atoms with E-state index >= 15 is 0 Å². The quantitative estimate of drug-likeness (QED) is 0.265. The van der Waals surface area contributed by atoms with Gasteiger partial charge in [-0.3, -0.25) is 9.10 Å². The van der Waals surface area contributed by atoms with Gasteiger partial charge in [-0.15, -0.1) is 0 Å². The zero-order valence-corrected chi connectivity index (χ0v) is 24.1. The number of alkyl halides is 2. The van der Waals surface area contributed by atoms with E-state index < -0.39 is 28.7 Å². The molecule has 1 atom stereocenters. The van der Waals surface area contributed by atoms with Gasteiger partial charge in [0.05, 0.1) is 24.2 Å². The van der Waals surface area contributed by atoms with Crippen molar-refractivity contribution in [2.45, 2.75) is 36.4 Å². The Morgan fingerprint density at radius 3 is 2.44 bits per heavy atom. The number of carbonyl (C=O) groups excluding carboxylic acids is 1. The molecule has 0 spiro atoms. The van der Waals surface area contributed by atoms with Gasteiger partial charge in [0.25, 0.3) is 10.0 Å². The van der Waals surface area contributed by atoms with Gasteiger partial charge < -0.3 is 19.1 Å². The molecule has 0 saturated carbocycles. The molecule has 2 heterocycles. The van der Waals surface area contributed by atoms with Crippen molar-refractivity contribution in [1.29, 1.82) is 0 Å². The van der Waals surface area contributed by atoms with Crippen molar-refractivity contribution < 1.29 is 36.2 Å². The van der Waals surface area contributed by atoms with Gasteiger partial charge in [0.2, 0.25) is 0 Å². The fourth-order valence-electron chi connectivity index (χ4n) is 4.97. The molecule has 0 radical (unpaired) electrons. The summed E-state index contributed by atoms with van der Waals surface area (Å²) in [7, 11) is -2.98. The predicted octanol–water partition coefficient (Wildman–Crippen LogP) is 6.11. The van der Waals surface area contributed by atoms with Gasteiger partial charge in [0, 0.05) is 47.2 Å². The Hall–Kier alpha value is -3.28. The molecule has 2 aliphatic rings. The number of rotatable bonds is 9. The van der Waals surface area contributed by atoms with Crippen LogP contribution in [-0.4, -0.2) is 53.8 Å². The number of hydrogen-bond donors (Lipinski definition) is 0. The summed E-state index contributed by atoms with van der Waals surface area (Å²) >= 11 is 12.8. The number of sulfonamides is 1. The standard InChI is InChI=1S/C28H26Cl2F2N2O6S/c1-38-26(35)11-9-20-16-34(41(36,37)21-5-2-4-19(13-21)40-28(31)32)24-12-18(8-10-25(24)39-20)33-14-17(15-33)27-22(29)6-3-7-23(27)30/h2-8,10,12-13,17,20,28H,9,11,14-16H2,1H3/t20-/m0/s1. The van der Waals surface area contributed by atoms with Gasteiger partial charge in [0.1, 0.15) is 17.6 Å². The average Bonchev–Trinajstić information content (AvgIpc) is 2.91. The van der Waals surface area contributed by atoms with Crippen molar-refractivity contribution in [3.8, 4) is 11.5 Å². The highest BCUT2D eigenvalue weighted by Gasteiger charge is 2.37. The SMILES string of the molecule is COC(=O)CC[C@H]1CN(S(=O)(=O)c2cccc(OC(F)F)c2)c2cc(N3CC(c4c(Cl)cccc4Cl)C3)ccc2O1. The first-order valence-electron chi connectivity index (χ1n) is 12.7.